The van der Waals surface area contributed by atoms with Crippen molar-refractivity contribution in [3.05, 3.63) is 30.3 Å². The van der Waals surface area contributed by atoms with Crippen molar-refractivity contribution in [2.75, 3.05) is 5.32 Å². The van der Waals surface area contributed by atoms with Crippen molar-refractivity contribution < 1.29 is 0 Å². The molecule has 0 radical (unpaired) electrons. The number of nitrogens with two attached hydrogens (primary N) is 1. The van der Waals surface area contributed by atoms with Gasteiger partial charge in [0.15, 0.2) is 5.17 Å². The Hall–Kier alpha value is -1.07. The van der Waals surface area contributed by atoms with Crippen molar-refractivity contribution in [2.24, 2.45) is 5.73 Å². The first-order valence-electron chi connectivity index (χ1n) is 3.56. The number of thioether (sulfide) groups is 1. The Morgan fingerprint density at radius 3 is 2.54 bits per heavy atom. The minimum Gasteiger partial charge on any atom is -0.378 e. The Morgan fingerprint density at radius 1 is 1.38 bits per heavy atom. The molecule has 0 bridgehead atoms. The van der Waals surface area contributed by atoms with Crippen LogP contribution in [-0.2, 0) is 0 Å². The molecule has 5 heteroatoms. The van der Waals surface area contributed by atoms with Crippen LogP contribution in [0.4, 0.5) is 5.69 Å². The van der Waals surface area contributed by atoms with Gasteiger partial charge in [0.05, 0.1) is 0 Å². The molecule has 0 aromatic heterocycles. The molecule has 0 aliphatic rings. The maximum atomic E-state index is 7.00. The fraction of sp³-hybridized carbons (Fsp3) is 0. The van der Waals surface area contributed by atoms with Gasteiger partial charge in [-0.25, -0.2) is 0 Å². The molecule has 0 atom stereocenters. The molecular formula is C8H9N3S2. The van der Waals surface area contributed by atoms with Gasteiger partial charge >= 0.3 is 0 Å². The largest absolute Gasteiger partial charge is 0.378 e. The van der Waals surface area contributed by atoms with Crippen LogP contribution in [0.3, 0.4) is 0 Å². The smallest absolute Gasteiger partial charge is 0.158 e. The molecule has 0 amide bonds. The summed E-state index contributed by atoms with van der Waals surface area (Å²) in [7, 11) is 0. The zero-order chi connectivity index (χ0) is 9.68. The molecule has 13 heavy (non-hydrogen) atoms. The van der Waals surface area contributed by atoms with Gasteiger partial charge in [-0.3, -0.25) is 5.41 Å². The summed E-state index contributed by atoms with van der Waals surface area (Å²) in [5.41, 5.74) is 6.07. The second-order valence-corrected chi connectivity index (χ2v) is 3.96. The van der Waals surface area contributed by atoms with Crippen LogP contribution in [-0.4, -0.2) is 9.49 Å². The molecule has 68 valence electrons. The van der Waals surface area contributed by atoms with E-state index in [4.69, 9.17) is 23.4 Å². The fourth-order valence-electron chi connectivity index (χ4n) is 0.765. The van der Waals surface area contributed by atoms with Crippen molar-refractivity contribution in [3.63, 3.8) is 0 Å². The molecule has 4 N–H and O–H groups in total. The first kappa shape index (κ1) is 10.0. The second kappa shape index (κ2) is 4.84. The zero-order valence-corrected chi connectivity index (χ0v) is 8.41. The van der Waals surface area contributed by atoms with Crippen LogP contribution in [0.5, 0.6) is 0 Å². The van der Waals surface area contributed by atoms with Crippen LogP contribution in [0, 0.1) is 5.41 Å². The lowest BCUT2D eigenvalue weighted by Crippen LogP contribution is -2.12. The van der Waals surface area contributed by atoms with Crippen molar-refractivity contribution in [1.29, 1.82) is 5.41 Å². The lowest BCUT2D eigenvalue weighted by atomic mass is 10.3. The summed E-state index contributed by atoms with van der Waals surface area (Å²) >= 11 is 5.97. The van der Waals surface area contributed by atoms with E-state index >= 15 is 0 Å². The van der Waals surface area contributed by atoms with Crippen LogP contribution < -0.4 is 11.1 Å². The average molecular weight is 211 g/mol. The van der Waals surface area contributed by atoms with Gasteiger partial charge in [0.25, 0.3) is 0 Å². The Labute approximate surface area is 86.2 Å². The Bertz CT molecular complexity index is 310. The highest BCUT2D eigenvalue weighted by atomic mass is 32.2. The number of rotatable bonds is 1. The molecule has 0 spiro atoms. The van der Waals surface area contributed by atoms with Gasteiger partial charge < -0.3 is 11.1 Å². The van der Waals surface area contributed by atoms with Gasteiger partial charge in [-0.2, -0.15) is 0 Å². The van der Waals surface area contributed by atoms with Gasteiger partial charge in [-0.05, 0) is 23.9 Å². The van der Waals surface area contributed by atoms with Crippen LogP contribution in [0.25, 0.3) is 0 Å². The van der Waals surface area contributed by atoms with Crippen LogP contribution >= 0.6 is 24.0 Å². The summed E-state index contributed by atoms with van der Waals surface area (Å²) in [5.74, 6) is 0. The Balaban J connectivity index is 2.50. The van der Waals surface area contributed by atoms with Crippen molar-refractivity contribution in [3.8, 4) is 0 Å². The molecule has 0 aliphatic heterocycles. The molecule has 0 fully saturated rings. The normalized spacial score (nSPS) is 9.23. The van der Waals surface area contributed by atoms with Gasteiger partial charge in [-0.1, -0.05) is 30.4 Å². The quantitative estimate of drug-likeness (QED) is 0.378. The summed E-state index contributed by atoms with van der Waals surface area (Å²) in [6, 6.07) is 9.53. The van der Waals surface area contributed by atoms with Gasteiger partial charge in [-0.15, -0.1) is 0 Å². The van der Waals surface area contributed by atoms with E-state index in [0.717, 1.165) is 17.4 Å². The van der Waals surface area contributed by atoms with Crippen LogP contribution in [0.15, 0.2) is 30.3 Å². The SMILES string of the molecule is N=C(N)SC(=S)Nc1ccccc1. The van der Waals surface area contributed by atoms with E-state index in [2.05, 4.69) is 5.32 Å². The molecule has 1 aromatic rings. The number of hydrogen-bond acceptors (Lipinski definition) is 3. The summed E-state index contributed by atoms with van der Waals surface area (Å²) in [6.45, 7) is 0. The third-order valence-corrected chi connectivity index (χ3v) is 2.08. The molecule has 0 saturated heterocycles. The van der Waals surface area contributed by atoms with Crippen LogP contribution in [0.1, 0.15) is 0 Å². The molecule has 0 saturated carbocycles. The minimum absolute atomic E-state index is 0.00608. The number of benzene rings is 1. The number of amidine groups is 1. The second-order valence-electron chi connectivity index (χ2n) is 2.24. The number of thiocarbonyl (C=S) groups is 1. The number of nitrogens with one attached hydrogen (secondary N) is 2. The average Bonchev–Trinajstić information content (AvgIpc) is 2.04. The maximum absolute atomic E-state index is 7.00. The Morgan fingerprint density at radius 2 is 2.00 bits per heavy atom. The summed E-state index contributed by atoms with van der Waals surface area (Å²) in [6.07, 6.45) is 0. The summed E-state index contributed by atoms with van der Waals surface area (Å²) < 4.78 is 0.485. The predicted octanol–water partition coefficient (Wildman–Crippen LogP) is 2.01. The Kier molecular flexibility index (Phi) is 3.72. The summed E-state index contributed by atoms with van der Waals surface area (Å²) in [4.78, 5) is 0. The van der Waals surface area contributed by atoms with Gasteiger partial charge in [0.2, 0.25) is 0 Å². The summed E-state index contributed by atoms with van der Waals surface area (Å²) in [5, 5.41) is 9.94. The number of anilines is 1. The zero-order valence-electron chi connectivity index (χ0n) is 6.78. The van der Waals surface area contributed by atoms with Crippen molar-refractivity contribution in [2.45, 2.75) is 0 Å². The first-order valence-corrected chi connectivity index (χ1v) is 4.79. The van der Waals surface area contributed by atoms with Crippen LogP contribution in [0.2, 0.25) is 0 Å². The third kappa shape index (κ3) is 3.91. The van der Waals surface area contributed by atoms with Crippen molar-refractivity contribution in [1.82, 2.24) is 0 Å². The van der Waals surface area contributed by atoms with E-state index in [-0.39, 0.29) is 5.17 Å². The monoisotopic (exact) mass is 211 g/mol. The third-order valence-electron chi connectivity index (χ3n) is 1.22. The van der Waals surface area contributed by atoms with Gasteiger partial charge in [0, 0.05) is 5.69 Å². The molecule has 0 unspecified atom stereocenters. The van der Waals surface area contributed by atoms with E-state index in [0.29, 0.717) is 4.32 Å². The fourth-order valence-corrected chi connectivity index (χ4v) is 1.52. The highest BCUT2D eigenvalue weighted by Crippen LogP contribution is 2.10. The van der Waals surface area contributed by atoms with E-state index in [1.807, 2.05) is 30.3 Å². The van der Waals surface area contributed by atoms with Crippen molar-refractivity contribution >= 4 is 39.2 Å². The molecule has 0 heterocycles. The van der Waals surface area contributed by atoms with E-state index in [9.17, 15) is 0 Å². The topological polar surface area (TPSA) is 61.9 Å². The van der Waals surface area contributed by atoms with Gasteiger partial charge in [0.1, 0.15) is 4.32 Å². The molecule has 3 nitrogen and oxygen atoms in total. The molecule has 0 aliphatic carbocycles. The maximum Gasteiger partial charge on any atom is 0.158 e. The molecule has 1 aromatic carbocycles. The lowest BCUT2D eigenvalue weighted by Gasteiger charge is -2.04. The lowest BCUT2D eigenvalue weighted by molar-refractivity contribution is 1.51. The van der Waals surface area contributed by atoms with E-state index in [1.165, 1.54) is 0 Å². The molecular weight excluding hydrogens is 202 g/mol. The number of para-hydroxylation sites is 1. The number of hydrogen-bond donors (Lipinski definition) is 3. The van der Waals surface area contributed by atoms with E-state index in [1.54, 1.807) is 0 Å². The standard InChI is InChI=1S/C8H9N3S2/c9-7(10)13-8(12)11-6-4-2-1-3-5-6/h1-5H,(H3,9,10)(H,11,12). The molecule has 1 rings (SSSR count). The highest BCUT2D eigenvalue weighted by molar-refractivity contribution is 8.33. The highest BCUT2D eigenvalue weighted by Gasteiger charge is 1.99. The van der Waals surface area contributed by atoms with E-state index < -0.39 is 0 Å². The first-order chi connectivity index (χ1) is 6.18. The minimum atomic E-state index is -0.00608. The predicted molar refractivity (Wildman–Crippen MR) is 62.2 cm³/mol.